The molecule has 0 fully saturated rings. The molecule has 5 heteroatoms. The number of hydrogen-bond acceptors (Lipinski definition) is 3. The Kier molecular flexibility index (Phi) is 5.29. The van der Waals surface area contributed by atoms with Crippen LogP contribution < -0.4 is 4.74 Å². The van der Waals surface area contributed by atoms with Crippen LogP contribution in [-0.4, -0.2) is 9.97 Å². The predicted octanol–water partition coefficient (Wildman–Crippen LogP) is 7.22. The van der Waals surface area contributed by atoms with Crippen molar-refractivity contribution in [1.82, 2.24) is 9.97 Å². The Balaban J connectivity index is 1.71. The molecule has 4 aromatic rings. The number of halogens is 2. The third kappa shape index (κ3) is 4.01. The molecule has 0 radical (unpaired) electrons. The zero-order valence-corrected chi connectivity index (χ0v) is 16.6. The van der Waals surface area contributed by atoms with E-state index < -0.39 is 0 Å². The largest absolute Gasteiger partial charge is 0.439 e. The monoisotopic (exact) mass is 406 g/mol. The van der Waals surface area contributed by atoms with Crippen molar-refractivity contribution in [1.29, 1.82) is 0 Å². The van der Waals surface area contributed by atoms with Gasteiger partial charge < -0.3 is 4.74 Å². The van der Waals surface area contributed by atoms with E-state index in [9.17, 15) is 0 Å². The van der Waals surface area contributed by atoms with Gasteiger partial charge in [-0.05, 0) is 65.1 Å². The highest BCUT2D eigenvalue weighted by molar-refractivity contribution is 6.30. The lowest BCUT2D eigenvalue weighted by molar-refractivity contribution is 0.463. The fourth-order valence-electron chi connectivity index (χ4n) is 3.12. The van der Waals surface area contributed by atoms with Gasteiger partial charge >= 0.3 is 0 Å². The second-order valence-corrected chi connectivity index (χ2v) is 7.11. The van der Waals surface area contributed by atoms with Crippen molar-refractivity contribution in [2.45, 2.75) is 6.92 Å². The second kappa shape index (κ2) is 8.01. The van der Waals surface area contributed by atoms with Gasteiger partial charge in [0, 0.05) is 23.5 Å². The van der Waals surface area contributed by atoms with Crippen LogP contribution in [0.2, 0.25) is 10.2 Å². The number of hydrogen-bond donors (Lipinski definition) is 0. The maximum absolute atomic E-state index is 6.07. The molecule has 0 spiro atoms. The summed E-state index contributed by atoms with van der Waals surface area (Å²) in [7, 11) is 0. The van der Waals surface area contributed by atoms with Crippen LogP contribution in [0.1, 0.15) is 5.56 Å². The molecule has 2 heterocycles. The molecule has 4 rings (SSSR count). The molecule has 0 bridgehead atoms. The molecule has 2 aromatic carbocycles. The lowest BCUT2D eigenvalue weighted by atomic mass is 9.93. The van der Waals surface area contributed by atoms with Gasteiger partial charge in [0.1, 0.15) is 10.9 Å². The zero-order chi connectivity index (χ0) is 19.5. The SMILES string of the molecule is Cc1c(-c2cccc(Oc3cc(Cl)ccn3)c2)cccc1-c1ccnc(Cl)c1. The van der Waals surface area contributed by atoms with Crippen LogP contribution in [0.15, 0.2) is 79.1 Å². The summed E-state index contributed by atoms with van der Waals surface area (Å²) in [5, 5.41) is 1.06. The van der Waals surface area contributed by atoms with Crippen molar-refractivity contribution in [2.24, 2.45) is 0 Å². The van der Waals surface area contributed by atoms with Crippen LogP contribution >= 0.6 is 23.2 Å². The molecule has 28 heavy (non-hydrogen) atoms. The van der Waals surface area contributed by atoms with Gasteiger partial charge in [0.05, 0.1) is 0 Å². The van der Waals surface area contributed by atoms with Crippen molar-refractivity contribution >= 4 is 23.2 Å². The molecule has 0 N–H and O–H groups in total. The molecule has 0 amide bonds. The zero-order valence-electron chi connectivity index (χ0n) is 15.1. The van der Waals surface area contributed by atoms with Crippen molar-refractivity contribution in [2.75, 3.05) is 0 Å². The lowest BCUT2D eigenvalue weighted by Crippen LogP contribution is -1.91. The highest BCUT2D eigenvalue weighted by Gasteiger charge is 2.10. The van der Waals surface area contributed by atoms with Gasteiger partial charge in [-0.15, -0.1) is 0 Å². The molecule has 0 atom stereocenters. The highest BCUT2D eigenvalue weighted by atomic mass is 35.5. The van der Waals surface area contributed by atoms with Crippen molar-refractivity contribution < 1.29 is 4.74 Å². The number of aromatic nitrogens is 2. The Morgan fingerprint density at radius 1 is 0.750 bits per heavy atom. The first kappa shape index (κ1) is 18.5. The molecule has 2 aromatic heterocycles. The molecule has 0 aliphatic rings. The maximum Gasteiger partial charge on any atom is 0.220 e. The Hall–Kier alpha value is -2.88. The molecule has 3 nitrogen and oxygen atoms in total. The quantitative estimate of drug-likeness (QED) is 0.335. The van der Waals surface area contributed by atoms with Gasteiger partial charge in [-0.25, -0.2) is 9.97 Å². The molecule has 0 saturated carbocycles. The summed E-state index contributed by atoms with van der Waals surface area (Å²) in [5.41, 5.74) is 5.48. The van der Waals surface area contributed by atoms with Gasteiger partial charge in [-0.1, -0.05) is 53.5 Å². The van der Waals surface area contributed by atoms with Crippen LogP contribution in [0.25, 0.3) is 22.3 Å². The first-order chi connectivity index (χ1) is 13.6. The van der Waals surface area contributed by atoms with Crippen LogP contribution in [0, 0.1) is 6.92 Å². The first-order valence-corrected chi connectivity index (χ1v) is 9.47. The van der Waals surface area contributed by atoms with E-state index in [0.29, 0.717) is 21.8 Å². The smallest absolute Gasteiger partial charge is 0.220 e. The summed E-state index contributed by atoms with van der Waals surface area (Å²) in [6.07, 6.45) is 3.34. The van der Waals surface area contributed by atoms with E-state index in [0.717, 1.165) is 27.8 Å². The number of nitrogens with zero attached hydrogens (tertiary/aromatic N) is 2. The van der Waals surface area contributed by atoms with E-state index in [1.54, 1.807) is 24.5 Å². The van der Waals surface area contributed by atoms with E-state index in [4.69, 9.17) is 27.9 Å². The van der Waals surface area contributed by atoms with Gasteiger partial charge in [-0.3, -0.25) is 0 Å². The van der Waals surface area contributed by atoms with Crippen molar-refractivity contribution in [3.05, 3.63) is 94.9 Å². The standard InChI is InChI=1S/C23H16Cl2N2O/c1-15-20(6-3-7-21(15)17-8-10-26-22(25)13-17)16-4-2-5-19(12-16)28-23-14-18(24)9-11-27-23/h2-14H,1H3. The third-order valence-corrected chi connectivity index (χ3v) is 4.88. The molecular formula is C23H16Cl2N2O. The van der Waals surface area contributed by atoms with Gasteiger partial charge in [0.2, 0.25) is 5.88 Å². The van der Waals surface area contributed by atoms with Gasteiger partial charge in [0.15, 0.2) is 0 Å². The van der Waals surface area contributed by atoms with Crippen LogP contribution in [-0.2, 0) is 0 Å². The van der Waals surface area contributed by atoms with E-state index in [1.807, 2.05) is 36.4 Å². The van der Waals surface area contributed by atoms with E-state index in [1.165, 1.54) is 0 Å². The number of ether oxygens (including phenoxy) is 1. The summed E-state index contributed by atoms with van der Waals surface area (Å²) in [6, 6.07) is 21.4. The van der Waals surface area contributed by atoms with Crippen molar-refractivity contribution in [3.63, 3.8) is 0 Å². The summed E-state index contributed by atoms with van der Waals surface area (Å²) < 4.78 is 5.87. The molecule has 138 valence electrons. The minimum absolute atomic E-state index is 0.460. The number of benzene rings is 2. The summed E-state index contributed by atoms with van der Waals surface area (Å²) in [6.45, 7) is 2.10. The molecule has 0 aliphatic heterocycles. The minimum atomic E-state index is 0.460. The Morgan fingerprint density at radius 2 is 1.46 bits per heavy atom. The van der Waals surface area contributed by atoms with Gasteiger partial charge in [-0.2, -0.15) is 0 Å². The highest BCUT2D eigenvalue weighted by Crippen LogP contribution is 2.34. The van der Waals surface area contributed by atoms with Crippen LogP contribution in [0.4, 0.5) is 0 Å². The summed E-state index contributed by atoms with van der Waals surface area (Å²) in [5.74, 6) is 1.16. The van der Waals surface area contributed by atoms with E-state index in [2.05, 4.69) is 35.1 Å². The summed E-state index contributed by atoms with van der Waals surface area (Å²) in [4.78, 5) is 8.26. The Morgan fingerprint density at radius 3 is 2.21 bits per heavy atom. The minimum Gasteiger partial charge on any atom is -0.439 e. The van der Waals surface area contributed by atoms with Crippen molar-refractivity contribution in [3.8, 4) is 33.9 Å². The first-order valence-electron chi connectivity index (χ1n) is 8.71. The number of rotatable bonds is 4. The average Bonchev–Trinajstić information content (AvgIpc) is 2.68. The molecular weight excluding hydrogens is 391 g/mol. The topological polar surface area (TPSA) is 35.0 Å². The summed E-state index contributed by atoms with van der Waals surface area (Å²) >= 11 is 12.1. The Labute approximate surface area is 173 Å². The lowest BCUT2D eigenvalue weighted by Gasteiger charge is -2.13. The van der Waals surface area contributed by atoms with Gasteiger partial charge in [0.25, 0.3) is 0 Å². The molecule has 0 saturated heterocycles. The average molecular weight is 407 g/mol. The fourth-order valence-corrected chi connectivity index (χ4v) is 3.44. The molecule has 0 aliphatic carbocycles. The van der Waals surface area contributed by atoms with E-state index in [-0.39, 0.29) is 0 Å². The van der Waals surface area contributed by atoms with Crippen LogP contribution in [0.5, 0.6) is 11.6 Å². The van der Waals surface area contributed by atoms with E-state index >= 15 is 0 Å². The second-order valence-electron chi connectivity index (χ2n) is 6.29. The predicted molar refractivity (Wildman–Crippen MR) is 114 cm³/mol. The maximum atomic E-state index is 6.07. The van der Waals surface area contributed by atoms with Crippen LogP contribution in [0.3, 0.4) is 0 Å². The Bertz CT molecular complexity index is 1140. The number of pyridine rings is 2. The fraction of sp³-hybridized carbons (Fsp3) is 0.0435. The normalized spacial score (nSPS) is 10.7. The third-order valence-electron chi connectivity index (χ3n) is 4.44. The molecule has 0 unspecified atom stereocenters.